The molecule has 2 aromatic heterocycles. The van der Waals surface area contributed by atoms with Crippen LogP contribution < -0.4 is 4.90 Å². The van der Waals surface area contributed by atoms with Crippen molar-refractivity contribution in [2.45, 2.75) is 44.6 Å². The Morgan fingerprint density at radius 2 is 1.94 bits per heavy atom. The Balaban J connectivity index is 1.56. The molecule has 1 saturated heterocycles. The van der Waals surface area contributed by atoms with Gasteiger partial charge >= 0.3 is 0 Å². The number of hydrogen-bond acceptors (Lipinski definition) is 6. The van der Waals surface area contributed by atoms with Gasteiger partial charge in [-0.15, -0.1) is 11.3 Å². The van der Waals surface area contributed by atoms with Crippen molar-refractivity contribution >= 4 is 37.4 Å². The van der Waals surface area contributed by atoms with Crippen molar-refractivity contribution in [3.63, 3.8) is 0 Å². The predicted molar refractivity (Wildman–Crippen MR) is 121 cm³/mol. The lowest BCUT2D eigenvalue weighted by Gasteiger charge is -2.25. The van der Waals surface area contributed by atoms with E-state index in [0.29, 0.717) is 18.2 Å². The van der Waals surface area contributed by atoms with Crippen molar-refractivity contribution in [2.24, 2.45) is 0 Å². The Kier molecular flexibility index (Phi) is 5.45. The molecule has 0 bridgehead atoms. The van der Waals surface area contributed by atoms with E-state index in [2.05, 4.69) is 9.71 Å². The van der Waals surface area contributed by atoms with Crippen LogP contribution in [0.4, 0.5) is 5.82 Å². The van der Waals surface area contributed by atoms with E-state index in [4.69, 9.17) is 9.72 Å². The summed E-state index contributed by atoms with van der Waals surface area (Å²) in [4.78, 5) is 13.2. The zero-order chi connectivity index (χ0) is 21.6. The van der Waals surface area contributed by atoms with Crippen molar-refractivity contribution in [3.05, 3.63) is 50.3 Å². The monoisotopic (exact) mass is 458 g/mol. The van der Waals surface area contributed by atoms with E-state index in [1.54, 1.807) is 23.5 Å². The molecule has 5 rings (SSSR count). The Morgan fingerprint density at radius 3 is 2.71 bits per heavy atom. The van der Waals surface area contributed by atoms with E-state index in [0.717, 1.165) is 66.9 Å². The highest BCUT2D eigenvalue weighted by molar-refractivity contribution is 7.94. The highest BCUT2D eigenvalue weighted by Crippen LogP contribution is 2.43. The molecule has 7 nitrogen and oxygen atoms in total. The minimum Gasteiger partial charge on any atom is -0.418 e. The van der Waals surface area contributed by atoms with Gasteiger partial charge in [-0.3, -0.25) is 0 Å². The number of morpholine rings is 1. The zero-order valence-electron chi connectivity index (χ0n) is 17.8. The molecule has 3 aromatic rings. The lowest BCUT2D eigenvalue weighted by atomic mass is 10.1. The van der Waals surface area contributed by atoms with Gasteiger partial charge in [-0.25, -0.2) is 13.4 Å². The number of nitrogens with zero attached hydrogens (tertiary/aromatic N) is 3. The van der Waals surface area contributed by atoms with E-state index in [-0.39, 0.29) is 4.90 Å². The minimum atomic E-state index is -3.88. The van der Waals surface area contributed by atoms with Crippen LogP contribution in [0, 0.1) is 13.8 Å². The van der Waals surface area contributed by atoms with Crippen molar-refractivity contribution in [1.29, 1.82) is 0 Å². The van der Waals surface area contributed by atoms with Crippen LogP contribution in [0.15, 0.2) is 23.1 Å². The first-order chi connectivity index (χ1) is 14.9. The number of hydrogen-bond donors (Lipinski definition) is 1. The van der Waals surface area contributed by atoms with Crippen molar-refractivity contribution < 1.29 is 18.1 Å². The summed E-state index contributed by atoms with van der Waals surface area (Å²) in [5, 5.41) is 0.825. The molecule has 31 heavy (non-hydrogen) atoms. The molecular weight excluding hydrogens is 432 g/mol. The topological polar surface area (TPSA) is 87.7 Å². The molecule has 0 atom stereocenters. The summed E-state index contributed by atoms with van der Waals surface area (Å²) in [5.41, 5.74) is 3.16. The molecule has 0 radical (unpaired) electrons. The average Bonchev–Trinajstić information content (AvgIpc) is 3.31. The van der Waals surface area contributed by atoms with Crippen LogP contribution in [0.25, 0.3) is 14.9 Å². The van der Waals surface area contributed by atoms with E-state index < -0.39 is 10.0 Å². The molecular formula is C22H26N4O3S2. The van der Waals surface area contributed by atoms with Gasteiger partial charge in [0.2, 0.25) is 10.0 Å². The van der Waals surface area contributed by atoms with Gasteiger partial charge in [0.25, 0.3) is 0 Å². The van der Waals surface area contributed by atoms with Gasteiger partial charge < -0.3 is 19.3 Å². The number of rotatable bonds is 5. The molecule has 1 aliphatic heterocycles. The lowest BCUT2D eigenvalue weighted by Crippen LogP contribution is -3.12. The summed E-state index contributed by atoms with van der Waals surface area (Å²) in [6, 6.07) is 5.13. The highest BCUT2D eigenvalue weighted by atomic mass is 32.2. The molecule has 2 aliphatic rings. The summed E-state index contributed by atoms with van der Waals surface area (Å²) in [7, 11) is -3.88. The summed E-state index contributed by atoms with van der Waals surface area (Å²) >= 11 is 1.66. The van der Waals surface area contributed by atoms with Crippen LogP contribution >= 0.6 is 11.3 Å². The number of sulfonamides is 1. The maximum atomic E-state index is 13.2. The number of fused-ring (bicyclic) bond motifs is 3. The summed E-state index contributed by atoms with van der Waals surface area (Å²) < 4.78 is 36.1. The first-order valence-corrected chi connectivity index (χ1v) is 12.9. The van der Waals surface area contributed by atoms with Gasteiger partial charge in [0.05, 0.1) is 23.9 Å². The number of thiophene rings is 1. The van der Waals surface area contributed by atoms with Gasteiger partial charge in [0, 0.05) is 10.3 Å². The summed E-state index contributed by atoms with van der Waals surface area (Å²) in [5.74, 6) is 0.948. The highest BCUT2D eigenvalue weighted by Gasteiger charge is 2.22. The fourth-order valence-electron chi connectivity index (χ4n) is 4.27. The van der Waals surface area contributed by atoms with E-state index >= 15 is 0 Å². The second-order valence-corrected chi connectivity index (χ2v) is 11.0. The average molecular weight is 459 g/mol. The van der Waals surface area contributed by atoms with Crippen molar-refractivity contribution in [3.8, 4) is 0 Å². The smallest absolute Gasteiger partial charge is 0.202 e. The fourth-order valence-corrected chi connectivity index (χ4v) is 6.57. The third-order valence-corrected chi connectivity index (χ3v) is 8.63. The number of aromatic nitrogens is 2. The second kappa shape index (κ2) is 8.12. The number of nitrogens with one attached hydrogen (secondary N) is 1. The predicted octanol–water partition coefficient (Wildman–Crippen LogP) is 2.61. The molecule has 3 heterocycles. The van der Waals surface area contributed by atoms with Gasteiger partial charge in [0.1, 0.15) is 24.5 Å². The molecule has 1 aliphatic carbocycles. The van der Waals surface area contributed by atoms with Crippen LogP contribution in [0.1, 0.15) is 33.8 Å². The van der Waals surface area contributed by atoms with Crippen LogP contribution in [0.2, 0.25) is 0 Å². The molecule has 0 spiro atoms. The minimum absolute atomic E-state index is 0.203. The Morgan fingerprint density at radius 1 is 1.13 bits per heavy atom. The van der Waals surface area contributed by atoms with Gasteiger partial charge in [-0.05, 0) is 67.8 Å². The lowest BCUT2D eigenvalue weighted by molar-refractivity contribution is -0.922. The Hall–Kier alpha value is -2.07. The third-order valence-electron chi connectivity index (χ3n) is 6.18. The SMILES string of the molecule is Cc1ccc(S(=O)(=O)[N-]c2nc(C[NH+]3CCOCC3)nc3sc4c(c23)CCC4)cc1C. The second-order valence-electron chi connectivity index (χ2n) is 8.35. The number of ether oxygens (including phenoxy) is 1. The standard InChI is InChI=1S/C22H25N4O3S2/c1-14-6-7-16(12-15(14)2)31(27,28)25-21-20-17-4-3-5-18(17)30-22(20)24-19(23-21)13-26-8-10-29-11-9-26/h6-7,12H,3-5,8-11,13H2,1-2H3/q-1/p+1. The normalized spacial score (nSPS) is 17.2. The maximum Gasteiger partial charge on any atom is 0.202 e. The molecule has 1 fully saturated rings. The Bertz CT molecular complexity index is 1250. The van der Waals surface area contributed by atoms with Crippen molar-refractivity contribution in [1.82, 2.24) is 9.97 Å². The van der Waals surface area contributed by atoms with Gasteiger partial charge in [-0.2, -0.15) is 0 Å². The summed E-state index contributed by atoms with van der Waals surface area (Å²) in [6.07, 6.45) is 3.03. The molecule has 1 aromatic carbocycles. The van der Waals surface area contributed by atoms with Crippen LogP contribution in [-0.2, 0) is 34.1 Å². The first-order valence-electron chi connectivity index (χ1n) is 10.7. The van der Waals surface area contributed by atoms with Crippen LogP contribution in [0.5, 0.6) is 0 Å². The molecule has 0 unspecified atom stereocenters. The summed E-state index contributed by atoms with van der Waals surface area (Å²) in [6.45, 7) is 7.77. The Labute approximate surface area is 186 Å². The molecule has 0 saturated carbocycles. The molecule has 164 valence electrons. The quantitative estimate of drug-likeness (QED) is 0.635. The van der Waals surface area contributed by atoms with Crippen LogP contribution in [0.3, 0.4) is 0 Å². The number of benzene rings is 1. The van der Waals surface area contributed by atoms with Gasteiger partial charge in [0.15, 0.2) is 0 Å². The first kappa shape index (κ1) is 20.8. The van der Waals surface area contributed by atoms with Crippen LogP contribution in [-0.4, -0.2) is 44.7 Å². The largest absolute Gasteiger partial charge is 0.418 e. The van der Waals surface area contributed by atoms with Gasteiger partial charge in [-0.1, -0.05) is 6.07 Å². The zero-order valence-corrected chi connectivity index (χ0v) is 19.4. The maximum absolute atomic E-state index is 13.2. The molecule has 0 amide bonds. The van der Waals surface area contributed by atoms with E-state index in [1.165, 1.54) is 15.3 Å². The fraction of sp³-hybridized carbons (Fsp3) is 0.455. The number of quaternary nitrogens is 1. The third kappa shape index (κ3) is 4.07. The van der Waals surface area contributed by atoms with Crippen molar-refractivity contribution in [2.75, 3.05) is 26.3 Å². The number of aryl methyl sites for hydroxylation is 4. The molecule has 9 heteroatoms. The van der Waals surface area contributed by atoms with E-state index in [9.17, 15) is 8.42 Å². The molecule has 1 N–H and O–H groups in total. The van der Waals surface area contributed by atoms with E-state index in [1.807, 2.05) is 19.9 Å².